The van der Waals surface area contributed by atoms with Crippen molar-refractivity contribution in [2.24, 2.45) is 0 Å². The van der Waals surface area contributed by atoms with E-state index in [9.17, 15) is 4.79 Å². The summed E-state index contributed by atoms with van der Waals surface area (Å²) in [6.07, 6.45) is 1.86. The molecule has 0 saturated carbocycles. The van der Waals surface area contributed by atoms with Crippen molar-refractivity contribution in [3.05, 3.63) is 34.9 Å². The van der Waals surface area contributed by atoms with Crippen LogP contribution in [0.1, 0.15) is 25.3 Å². The predicted molar refractivity (Wildman–Crippen MR) is 64.2 cm³/mol. The first-order chi connectivity index (χ1) is 7.72. The summed E-state index contributed by atoms with van der Waals surface area (Å²) in [5.74, 6) is 4.63. The lowest BCUT2D eigenvalue weighted by Gasteiger charge is -1.96. The van der Waals surface area contributed by atoms with Crippen molar-refractivity contribution < 1.29 is 9.53 Å². The summed E-state index contributed by atoms with van der Waals surface area (Å²) >= 11 is 5.78. The maximum atomic E-state index is 11.1. The zero-order valence-electron chi connectivity index (χ0n) is 9.13. The fourth-order valence-corrected chi connectivity index (χ4v) is 1.23. The molecular weight excluding hydrogens is 224 g/mol. The Morgan fingerprint density at radius 1 is 1.50 bits per heavy atom. The molecule has 1 aromatic carbocycles. The van der Waals surface area contributed by atoms with Gasteiger partial charge in [-0.1, -0.05) is 36.9 Å². The van der Waals surface area contributed by atoms with Gasteiger partial charge in [0.05, 0.1) is 6.61 Å². The van der Waals surface area contributed by atoms with Gasteiger partial charge in [0, 0.05) is 16.5 Å². The van der Waals surface area contributed by atoms with Gasteiger partial charge in [-0.05, 0) is 24.6 Å². The third kappa shape index (κ3) is 4.86. The number of benzene rings is 1. The summed E-state index contributed by atoms with van der Waals surface area (Å²) in [6, 6.07) is 7.03. The van der Waals surface area contributed by atoms with Gasteiger partial charge in [0.25, 0.3) is 0 Å². The van der Waals surface area contributed by atoms with Crippen LogP contribution in [0, 0.1) is 11.8 Å². The highest BCUT2D eigenvalue weighted by Gasteiger charge is 1.95. The van der Waals surface area contributed by atoms with E-state index in [0.29, 0.717) is 17.2 Å². The summed E-state index contributed by atoms with van der Waals surface area (Å²) in [7, 11) is 0. The zero-order valence-corrected chi connectivity index (χ0v) is 9.88. The van der Waals surface area contributed by atoms with Gasteiger partial charge in [-0.25, -0.2) is 4.79 Å². The molecule has 3 heteroatoms. The standard InChI is InChI=1S/C13H13ClO2/c1-2-3-9-16-13(15)8-7-11-5-4-6-12(14)10-11/h4-6,10H,2-3,9H2,1H3. The maximum absolute atomic E-state index is 11.1. The first-order valence-electron chi connectivity index (χ1n) is 5.16. The van der Waals surface area contributed by atoms with Crippen molar-refractivity contribution in [2.75, 3.05) is 6.61 Å². The average Bonchev–Trinajstić information content (AvgIpc) is 2.27. The summed E-state index contributed by atoms with van der Waals surface area (Å²) in [6.45, 7) is 2.46. The van der Waals surface area contributed by atoms with Crippen LogP contribution in [0.4, 0.5) is 0 Å². The number of halogens is 1. The molecule has 0 aliphatic rings. The lowest BCUT2D eigenvalue weighted by molar-refractivity contribution is -0.136. The second-order valence-electron chi connectivity index (χ2n) is 3.25. The van der Waals surface area contributed by atoms with Gasteiger partial charge in [0.2, 0.25) is 0 Å². The number of esters is 1. The van der Waals surface area contributed by atoms with E-state index in [-0.39, 0.29) is 0 Å². The highest BCUT2D eigenvalue weighted by atomic mass is 35.5. The highest BCUT2D eigenvalue weighted by Crippen LogP contribution is 2.09. The Morgan fingerprint density at radius 2 is 2.31 bits per heavy atom. The molecule has 16 heavy (non-hydrogen) atoms. The predicted octanol–water partition coefficient (Wildman–Crippen LogP) is 3.03. The van der Waals surface area contributed by atoms with E-state index >= 15 is 0 Å². The molecule has 0 atom stereocenters. The van der Waals surface area contributed by atoms with Crippen molar-refractivity contribution >= 4 is 17.6 Å². The van der Waals surface area contributed by atoms with Gasteiger partial charge in [-0.2, -0.15) is 0 Å². The molecule has 0 heterocycles. The molecule has 0 spiro atoms. The van der Waals surface area contributed by atoms with Crippen LogP contribution in [0.5, 0.6) is 0 Å². The number of carbonyl (C=O) groups is 1. The van der Waals surface area contributed by atoms with E-state index in [2.05, 4.69) is 11.8 Å². The van der Waals surface area contributed by atoms with Crippen LogP contribution < -0.4 is 0 Å². The van der Waals surface area contributed by atoms with Crippen LogP contribution in [0.15, 0.2) is 24.3 Å². The molecule has 0 unspecified atom stereocenters. The largest absolute Gasteiger partial charge is 0.456 e. The van der Waals surface area contributed by atoms with E-state index in [0.717, 1.165) is 12.8 Å². The molecule has 0 N–H and O–H groups in total. The third-order valence-electron chi connectivity index (χ3n) is 1.86. The molecule has 0 aliphatic heterocycles. The van der Waals surface area contributed by atoms with Gasteiger partial charge >= 0.3 is 5.97 Å². The van der Waals surface area contributed by atoms with E-state index < -0.39 is 5.97 Å². The third-order valence-corrected chi connectivity index (χ3v) is 2.10. The molecule has 1 aromatic rings. The summed E-state index contributed by atoms with van der Waals surface area (Å²) in [4.78, 5) is 11.1. The van der Waals surface area contributed by atoms with Crippen LogP contribution in [-0.2, 0) is 9.53 Å². The number of ether oxygens (including phenoxy) is 1. The topological polar surface area (TPSA) is 26.3 Å². The second-order valence-corrected chi connectivity index (χ2v) is 3.69. The highest BCUT2D eigenvalue weighted by molar-refractivity contribution is 6.30. The minimum absolute atomic E-state index is 0.430. The SMILES string of the molecule is CCCCOC(=O)C#Cc1cccc(Cl)c1. The Balaban J connectivity index is 2.50. The summed E-state index contributed by atoms with van der Waals surface area (Å²) in [5.41, 5.74) is 0.708. The van der Waals surface area contributed by atoms with Crippen LogP contribution in [0.25, 0.3) is 0 Å². The van der Waals surface area contributed by atoms with Crippen molar-refractivity contribution in [2.45, 2.75) is 19.8 Å². The molecule has 0 radical (unpaired) electrons. The average molecular weight is 237 g/mol. The Bertz CT molecular complexity index is 415. The number of unbranched alkanes of at least 4 members (excludes halogenated alkanes) is 1. The first-order valence-corrected chi connectivity index (χ1v) is 5.54. The minimum atomic E-state index is -0.492. The quantitative estimate of drug-likeness (QED) is 0.458. The minimum Gasteiger partial charge on any atom is -0.456 e. The normalized spacial score (nSPS) is 9.12. The van der Waals surface area contributed by atoms with Crippen molar-refractivity contribution in [1.82, 2.24) is 0 Å². The molecule has 0 saturated heterocycles. The number of rotatable bonds is 3. The summed E-state index contributed by atoms with van der Waals surface area (Å²) in [5, 5.41) is 0.603. The smallest absolute Gasteiger partial charge is 0.384 e. The fraction of sp³-hybridized carbons (Fsp3) is 0.308. The van der Waals surface area contributed by atoms with E-state index in [1.54, 1.807) is 24.3 Å². The Morgan fingerprint density at radius 3 is 3.00 bits per heavy atom. The van der Waals surface area contributed by atoms with Gasteiger partial charge in [0.1, 0.15) is 0 Å². The van der Waals surface area contributed by atoms with Crippen molar-refractivity contribution in [3.63, 3.8) is 0 Å². The van der Waals surface area contributed by atoms with E-state index in [1.807, 2.05) is 6.92 Å². The molecule has 1 rings (SSSR count). The van der Waals surface area contributed by atoms with E-state index in [1.165, 1.54) is 0 Å². The zero-order chi connectivity index (χ0) is 11.8. The van der Waals surface area contributed by atoms with Crippen LogP contribution in [0.3, 0.4) is 0 Å². The molecule has 0 aliphatic carbocycles. The van der Waals surface area contributed by atoms with Gasteiger partial charge < -0.3 is 4.74 Å². The van der Waals surface area contributed by atoms with Crippen LogP contribution >= 0.6 is 11.6 Å². The summed E-state index contributed by atoms with van der Waals surface area (Å²) < 4.78 is 4.89. The van der Waals surface area contributed by atoms with Crippen LogP contribution in [-0.4, -0.2) is 12.6 Å². The monoisotopic (exact) mass is 236 g/mol. The number of hydrogen-bond donors (Lipinski definition) is 0. The molecule has 84 valence electrons. The Hall–Kier alpha value is -1.46. The molecule has 2 nitrogen and oxygen atoms in total. The lowest BCUT2D eigenvalue weighted by atomic mass is 10.2. The van der Waals surface area contributed by atoms with Crippen LogP contribution in [0.2, 0.25) is 5.02 Å². The van der Waals surface area contributed by atoms with Crippen molar-refractivity contribution in [3.8, 4) is 11.8 Å². The molecule has 0 fully saturated rings. The van der Waals surface area contributed by atoms with Gasteiger partial charge in [0.15, 0.2) is 0 Å². The number of carbonyl (C=O) groups excluding carboxylic acids is 1. The second kappa shape index (κ2) is 6.92. The molecule has 0 amide bonds. The molecule has 0 bridgehead atoms. The Kier molecular flexibility index (Phi) is 5.45. The number of hydrogen-bond acceptors (Lipinski definition) is 2. The maximum Gasteiger partial charge on any atom is 0.384 e. The van der Waals surface area contributed by atoms with Gasteiger partial charge in [-0.3, -0.25) is 0 Å². The Labute approximate surface area is 101 Å². The molecule has 0 aromatic heterocycles. The molecular formula is C13H13ClO2. The van der Waals surface area contributed by atoms with Gasteiger partial charge in [-0.15, -0.1) is 0 Å². The van der Waals surface area contributed by atoms with E-state index in [4.69, 9.17) is 16.3 Å². The fourth-order valence-electron chi connectivity index (χ4n) is 1.03. The first kappa shape index (κ1) is 12.6. The lowest BCUT2D eigenvalue weighted by Crippen LogP contribution is -2.02. The van der Waals surface area contributed by atoms with Crippen molar-refractivity contribution in [1.29, 1.82) is 0 Å².